The average molecular weight is 237 g/mol. The Morgan fingerprint density at radius 3 is 2.50 bits per heavy atom. The highest BCUT2D eigenvalue weighted by Gasteiger charge is 2.20. The van der Waals surface area contributed by atoms with E-state index in [1.807, 2.05) is 6.07 Å². The molecule has 0 amide bonds. The maximum Gasteiger partial charge on any atom is 0.101 e. The van der Waals surface area contributed by atoms with E-state index in [1.54, 1.807) is 12.1 Å². The monoisotopic (exact) mass is 236 g/mol. The summed E-state index contributed by atoms with van der Waals surface area (Å²) in [5.41, 5.74) is 1.48. The summed E-state index contributed by atoms with van der Waals surface area (Å²) in [5, 5.41) is 13.1. The predicted molar refractivity (Wildman–Crippen MR) is 68.8 cm³/mol. The van der Waals surface area contributed by atoms with Crippen LogP contribution >= 0.6 is 11.6 Å². The van der Waals surface area contributed by atoms with Crippen molar-refractivity contribution in [3.63, 3.8) is 0 Å². The average Bonchev–Trinajstić information content (AvgIpc) is 2.31. The molecule has 0 fully saturated rings. The van der Waals surface area contributed by atoms with Gasteiger partial charge in [0.15, 0.2) is 0 Å². The van der Waals surface area contributed by atoms with Crippen LogP contribution in [0.1, 0.15) is 39.2 Å². The molecule has 0 bridgehead atoms. The van der Waals surface area contributed by atoms with Crippen LogP contribution in [0.25, 0.3) is 0 Å². The van der Waals surface area contributed by atoms with Gasteiger partial charge in [0.1, 0.15) is 6.07 Å². The van der Waals surface area contributed by atoms with Crippen molar-refractivity contribution in [1.29, 1.82) is 5.26 Å². The van der Waals surface area contributed by atoms with Gasteiger partial charge in [0.25, 0.3) is 0 Å². The second kappa shape index (κ2) is 5.23. The van der Waals surface area contributed by atoms with Crippen LogP contribution in [0, 0.1) is 11.3 Å². The maximum atomic E-state index is 9.04. The van der Waals surface area contributed by atoms with Crippen molar-refractivity contribution < 1.29 is 0 Å². The van der Waals surface area contributed by atoms with E-state index in [2.05, 4.69) is 32.2 Å². The summed E-state index contributed by atoms with van der Waals surface area (Å²) in [6.07, 6.45) is 2.02. The molecule has 1 aromatic carbocycles. The van der Waals surface area contributed by atoms with Crippen LogP contribution in [0.15, 0.2) is 18.2 Å². The molecule has 2 nitrogen and oxygen atoms in total. The lowest BCUT2D eigenvalue weighted by Crippen LogP contribution is -2.33. The number of hydrogen-bond acceptors (Lipinski definition) is 2. The van der Waals surface area contributed by atoms with Crippen molar-refractivity contribution in [2.45, 2.75) is 39.2 Å². The second-order valence-corrected chi connectivity index (χ2v) is 4.63. The summed E-state index contributed by atoms with van der Waals surface area (Å²) in [7, 11) is 0. The Bertz CT molecular complexity index is 403. The quantitative estimate of drug-likeness (QED) is 0.851. The van der Waals surface area contributed by atoms with Crippen LogP contribution in [-0.4, -0.2) is 5.54 Å². The van der Waals surface area contributed by atoms with E-state index in [4.69, 9.17) is 16.9 Å². The van der Waals surface area contributed by atoms with E-state index < -0.39 is 0 Å². The first-order valence-electron chi connectivity index (χ1n) is 5.52. The fraction of sp³-hybridized carbons (Fsp3) is 0.462. The van der Waals surface area contributed by atoms with Gasteiger partial charge in [-0.2, -0.15) is 5.26 Å². The number of anilines is 1. The Morgan fingerprint density at radius 1 is 1.38 bits per heavy atom. The van der Waals surface area contributed by atoms with Crippen LogP contribution in [0.3, 0.4) is 0 Å². The summed E-state index contributed by atoms with van der Waals surface area (Å²) in [6, 6.07) is 7.52. The molecule has 0 heterocycles. The van der Waals surface area contributed by atoms with E-state index in [0.717, 1.165) is 18.5 Å². The summed E-state index contributed by atoms with van der Waals surface area (Å²) < 4.78 is 0. The van der Waals surface area contributed by atoms with E-state index >= 15 is 0 Å². The molecule has 3 heteroatoms. The first-order chi connectivity index (χ1) is 7.54. The third kappa shape index (κ3) is 2.90. The number of hydrogen-bond donors (Lipinski definition) is 1. The third-order valence-electron chi connectivity index (χ3n) is 3.10. The third-order valence-corrected chi connectivity index (χ3v) is 3.33. The Morgan fingerprint density at radius 2 is 2.00 bits per heavy atom. The number of rotatable bonds is 4. The summed E-state index contributed by atoms with van der Waals surface area (Å²) >= 11 is 5.86. The van der Waals surface area contributed by atoms with Crippen LogP contribution in [-0.2, 0) is 0 Å². The SMILES string of the molecule is CCC(C)(CC)Nc1ccc(Cl)cc1C#N. The highest BCUT2D eigenvalue weighted by molar-refractivity contribution is 6.30. The number of nitrogens with one attached hydrogen (secondary N) is 1. The first-order valence-corrected chi connectivity index (χ1v) is 5.90. The fourth-order valence-electron chi connectivity index (χ4n) is 1.47. The van der Waals surface area contributed by atoms with Crippen molar-refractivity contribution >= 4 is 17.3 Å². The number of benzene rings is 1. The molecule has 86 valence electrons. The van der Waals surface area contributed by atoms with Crippen molar-refractivity contribution in [1.82, 2.24) is 0 Å². The first kappa shape index (κ1) is 12.9. The van der Waals surface area contributed by atoms with Gasteiger partial charge in [-0.1, -0.05) is 25.4 Å². The van der Waals surface area contributed by atoms with Gasteiger partial charge in [0, 0.05) is 10.6 Å². The molecule has 0 radical (unpaired) electrons. The molecular formula is C13H17ClN2. The Balaban J connectivity index is 3.02. The van der Waals surface area contributed by atoms with Crippen molar-refractivity contribution in [3.05, 3.63) is 28.8 Å². The van der Waals surface area contributed by atoms with Gasteiger partial charge in [-0.05, 0) is 38.0 Å². The molecule has 1 aromatic rings. The fourth-order valence-corrected chi connectivity index (χ4v) is 1.64. The van der Waals surface area contributed by atoms with E-state index in [-0.39, 0.29) is 5.54 Å². The van der Waals surface area contributed by atoms with Gasteiger partial charge in [-0.25, -0.2) is 0 Å². The zero-order valence-electron chi connectivity index (χ0n) is 9.97. The Kier molecular flexibility index (Phi) is 4.20. The smallest absolute Gasteiger partial charge is 0.101 e. The molecule has 0 aliphatic rings. The minimum atomic E-state index is 0.0272. The molecule has 0 aromatic heterocycles. The van der Waals surface area contributed by atoms with Crippen molar-refractivity contribution in [2.24, 2.45) is 0 Å². The van der Waals surface area contributed by atoms with Gasteiger partial charge in [0.05, 0.1) is 11.3 Å². The molecule has 0 aliphatic carbocycles. The van der Waals surface area contributed by atoms with Gasteiger partial charge >= 0.3 is 0 Å². The number of halogens is 1. The largest absolute Gasteiger partial charge is 0.379 e. The molecule has 0 atom stereocenters. The van der Waals surface area contributed by atoms with Crippen LogP contribution in [0.2, 0.25) is 5.02 Å². The Hall–Kier alpha value is -1.20. The molecule has 0 saturated carbocycles. The lowest BCUT2D eigenvalue weighted by atomic mass is 9.94. The maximum absolute atomic E-state index is 9.04. The predicted octanol–water partition coefficient (Wildman–Crippen LogP) is 4.20. The molecule has 0 unspecified atom stereocenters. The van der Waals surface area contributed by atoms with Gasteiger partial charge in [-0.3, -0.25) is 0 Å². The number of nitriles is 1. The molecule has 16 heavy (non-hydrogen) atoms. The van der Waals surface area contributed by atoms with Gasteiger partial charge in [0.2, 0.25) is 0 Å². The van der Waals surface area contributed by atoms with Gasteiger partial charge in [-0.15, -0.1) is 0 Å². The minimum Gasteiger partial charge on any atom is -0.379 e. The van der Waals surface area contributed by atoms with Crippen LogP contribution in [0.4, 0.5) is 5.69 Å². The molecule has 0 aliphatic heterocycles. The zero-order valence-corrected chi connectivity index (χ0v) is 10.7. The molecular weight excluding hydrogens is 220 g/mol. The standard InChI is InChI=1S/C13H17ClN2/c1-4-13(3,5-2)16-12-7-6-11(14)8-10(12)9-15/h6-8,16H,4-5H2,1-3H3. The van der Waals surface area contributed by atoms with Crippen LogP contribution < -0.4 is 5.32 Å². The van der Waals surface area contributed by atoms with Crippen molar-refractivity contribution in [3.8, 4) is 6.07 Å². The molecule has 0 spiro atoms. The highest BCUT2D eigenvalue weighted by atomic mass is 35.5. The van der Waals surface area contributed by atoms with Crippen molar-refractivity contribution in [2.75, 3.05) is 5.32 Å². The summed E-state index contributed by atoms with van der Waals surface area (Å²) in [5.74, 6) is 0. The van der Waals surface area contributed by atoms with E-state index in [9.17, 15) is 0 Å². The zero-order chi connectivity index (χ0) is 12.2. The molecule has 1 N–H and O–H groups in total. The number of nitrogens with zero attached hydrogens (tertiary/aromatic N) is 1. The van der Waals surface area contributed by atoms with Crippen LogP contribution in [0.5, 0.6) is 0 Å². The van der Waals surface area contributed by atoms with E-state index in [1.165, 1.54) is 0 Å². The normalized spacial score (nSPS) is 10.9. The highest BCUT2D eigenvalue weighted by Crippen LogP contribution is 2.26. The minimum absolute atomic E-state index is 0.0272. The summed E-state index contributed by atoms with van der Waals surface area (Å²) in [4.78, 5) is 0. The second-order valence-electron chi connectivity index (χ2n) is 4.19. The molecule has 0 saturated heterocycles. The van der Waals surface area contributed by atoms with Gasteiger partial charge < -0.3 is 5.32 Å². The Labute approximate surface area is 102 Å². The lowest BCUT2D eigenvalue weighted by Gasteiger charge is -2.30. The van der Waals surface area contributed by atoms with E-state index in [0.29, 0.717) is 10.6 Å². The molecule has 1 rings (SSSR count). The topological polar surface area (TPSA) is 35.8 Å². The lowest BCUT2D eigenvalue weighted by molar-refractivity contribution is 0.478. The summed E-state index contributed by atoms with van der Waals surface area (Å²) in [6.45, 7) is 6.43.